The van der Waals surface area contributed by atoms with Crippen molar-refractivity contribution in [2.24, 2.45) is 0 Å². The number of rotatable bonds is 7. The highest BCUT2D eigenvalue weighted by molar-refractivity contribution is 9.10. The molecule has 0 aromatic heterocycles. The van der Waals surface area contributed by atoms with E-state index in [1.165, 1.54) is 0 Å². The van der Waals surface area contributed by atoms with Crippen LogP contribution in [0.4, 0.5) is 0 Å². The van der Waals surface area contributed by atoms with Crippen LogP contribution < -0.4 is 0 Å². The molecule has 0 amide bonds. The van der Waals surface area contributed by atoms with Crippen LogP contribution in [0, 0.1) is 0 Å². The molecule has 17 heavy (non-hydrogen) atoms. The molecule has 0 unspecified atom stereocenters. The summed E-state index contributed by atoms with van der Waals surface area (Å²) in [4.78, 5) is 2.11. The van der Waals surface area contributed by atoms with Crippen molar-refractivity contribution in [2.75, 3.05) is 33.4 Å². The highest BCUT2D eigenvalue weighted by Crippen LogP contribution is 2.22. The first kappa shape index (κ1) is 14.9. The third-order valence-electron chi connectivity index (χ3n) is 2.43. The minimum atomic E-state index is 0.134. The van der Waals surface area contributed by atoms with Crippen molar-refractivity contribution in [1.82, 2.24) is 4.90 Å². The first-order valence-electron chi connectivity index (χ1n) is 5.43. The fourth-order valence-corrected chi connectivity index (χ4v) is 2.12. The molecular formula is C12H17BrClNO2. The molecule has 3 nitrogen and oxygen atoms in total. The second-order valence-electron chi connectivity index (χ2n) is 3.73. The van der Waals surface area contributed by atoms with Crippen molar-refractivity contribution >= 4 is 27.5 Å². The summed E-state index contributed by atoms with van der Waals surface area (Å²) in [6.07, 6.45) is 0. The van der Waals surface area contributed by atoms with Gasteiger partial charge in [-0.3, -0.25) is 4.90 Å². The van der Waals surface area contributed by atoms with Gasteiger partial charge in [0.25, 0.3) is 0 Å². The summed E-state index contributed by atoms with van der Waals surface area (Å²) in [5, 5.41) is 9.76. The Bertz CT molecular complexity index is 349. The number of halogens is 2. The molecule has 0 radical (unpaired) electrons. The van der Waals surface area contributed by atoms with Crippen LogP contribution in [0.15, 0.2) is 22.7 Å². The van der Waals surface area contributed by atoms with Crippen LogP contribution in [0.3, 0.4) is 0 Å². The highest BCUT2D eigenvalue weighted by Gasteiger charge is 2.08. The van der Waals surface area contributed by atoms with Crippen LogP contribution in [0.2, 0.25) is 5.02 Å². The average Bonchev–Trinajstić information content (AvgIpc) is 2.31. The predicted molar refractivity (Wildman–Crippen MR) is 73.4 cm³/mol. The lowest BCUT2D eigenvalue weighted by Crippen LogP contribution is -2.29. The topological polar surface area (TPSA) is 32.7 Å². The van der Waals surface area contributed by atoms with Crippen LogP contribution in [0.5, 0.6) is 0 Å². The van der Waals surface area contributed by atoms with E-state index in [0.717, 1.165) is 21.6 Å². The summed E-state index contributed by atoms with van der Waals surface area (Å²) in [5.74, 6) is 0. The minimum absolute atomic E-state index is 0.134. The normalized spacial score (nSPS) is 11.1. The fraction of sp³-hybridized carbons (Fsp3) is 0.500. The smallest absolute Gasteiger partial charge is 0.0589 e. The van der Waals surface area contributed by atoms with Gasteiger partial charge in [0, 0.05) is 36.2 Å². The van der Waals surface area contributed by atoms with Crippen LogP contribution >= 0.6 is 27.5 Å². The maximum Gasteiger partial charge on any atom is 0.0589 e. The second kappa shape index (κ2) is 8.06. The molecule has 0 saturated heterocycles. The molecule has 1 aromatic carbocycles. The molecule has 0 saturated carbocycles. The van der Waals surface area contributed by atoms with E-state index in [-0.39, 0.29) is 6.61 Å². The maximum atomic E-state index is 9.01. The quantitative estimate of drug-likeness (QED) is 0.837. The number of nitrogens with zero attached hydrogens (tertiary/aromatic N) is 1. The van der Waals surface area contributed by atoms with Crippen LogP contribution in [-0.4, -0.2) is 43.4 Å². The molecule has 0 heterocycles. The zero-order valence-corrected chi connectivity index (χ0v) is 12.2. The third-order valence-corrected chi connectivity index (χ3v) is 3.29. The first-order valence-corrected chi connectivity index (χ1v) is 6.60. The van der Waals surface area contributed by atoms with Crippen LogP contribution in [-0.2, 0) is 11.3 Å². The summed E-state index contributed by atoms with van der Waals surface area (Å²) in [7, 11) is 1.67. The van der Waals surface area contributed by atoms with E-state index in [4.69, 9.17) is 21.4 Å². The van der Waals surface area contributed by atoms with Crippen LogP contribution in [0.1, 0.15) is 5.56 Å². The Morgan fingerprint density at radius 1 is 1.41 bits per heavy atom. The average molecular weight is 323 g/mol. The molecule has 0 atom stereocenters. The van der Waals surface area contributed by atoms with Crippen LogP contribution in [0.25, 0.3) is 0 Å². The minimum Gasteiger partial charge on any atom is -0.395 e. The molecule has 0 aliphatic rings. The molecule has 0 spiro atoms. The van der Waals surface area contributed by atoms with Crippen molar-refractivity contribution in [3.05, 3.63) is 33.3 Å². The van der Waals surface area contributed by atoms with Gasteiger partial charge in [-0.1, -0.05) is 27.5 Å². The molecule has 1 N–H and O–H groups in total. The number of hydrogen-bond acceptors (Lipinski definition) is 3. The van der Waals surface area contributed by atoms with Crippen molar-refractivity contribution < 1.29 is 9.84 Å². The SMILES string of the molecule is COCCN(CCO)Cc1cc(Br)ccc1Cl. The zero-order valence-electron chi connectivity index (χ0n) is 9.83. The number of benzene rings is 1. The van der Waals surface area contributed by atoms with E-state index in [2.05, 4.69) is 20.8 Å². The summed E-state index contributed by atoms with van der Waals surface area (Å²) in [6.45, 7) is 2.88. The molecule has 0 aliphatic carbocycles. The van der Waals surface area contributed by atoms with Gasteiger partial charge in [-0.05, 0) is 23.8 Å². The van der Waals surface area contributed by atoms with Gasteiger partial charge in [-0.2, -0.15) is 0 Å². The number of hydrogen-bond donors (Lipinski definition) is 1. The molecule has 96 valence electrons. The number of aliphatic hydroxyl groups excluding tert-OH is 1. The Hall–Kier alpha value is -0.130. The Labute approximate surface area is 115 Å². The van der Waals surface area contributed by atoms with Crippen molar-refractivity contribution in [2.45, 2.75) is 6.54 Å². The molecular weight excluding hydrogens is 305 g/mol. The molecule has 1 aromatic rings. The number of ether oxygens (including phenoxy) is 1. The summed E-state index contributed by atoms with van der Waals surface area (Å²) in [6, 6.07) is 5.78. The third kappa shape index (κ3) is 5.36. The van der Waals surface area contributed by atoms with E-state index in [9.17, 15) is 0 Å². The van der Waals surface area contributed by atoms with Gasteiger partial charge in [0.2, 0.25) is 0 Å². The van der Waals surface area contributed by atoms with Gasteiger partial charge < -0.3 is 9.84 Å². The van der Waals surface area contributed by atoms with Gasteiger partial charge in [0.15, 0.2) is 0 Å². The second-order valence-corrected chi connectivity index (χ2v) is 5.05. The molecule has 1 rings (SSSR count). The lowest BCUT2D eigenvalue weighted by Gasteiger charge is -2.21. The Morgan fingerprint density at radius 2 is 2.18 bits per heavy atom. The largest absolute Gasteiger partial charge is 0.395 e. The molecule has 0 bridgehead atoms. The predicted octanol–water partition coefficient (Wildman–Crippen LogP) is 2.54. The van der Waals surface area contributed by atoms with E-state index >= 15 is 0 Å². The van der Waals surface area contributed by atoms with Gasteiger partial charge in [-0.25, -0.2) is 0 Å². The monoisotopic (exact) mass is 321 g/mol. The Morgan fingerprint density at radius 3 is 2.82 bits per heavy atom. The number of methoxy groups -OCH3 is 1. The highest BCUT2D eigenvalue weighted by atomic mass is 79.9. The van der Waals surface area contributed by atoms with Gasteiger partial charge in [0.1, 0.15) is 0 Å². The van der Waals surface area contributed by atoms with Gasteiger partial charge in [-0.15, -0.1) is 0 Å². The lowest BCUT2D eigenvalue weighted by molar-refractivity contribution is 0.127. The van der Waals surface area contributed by atoms with Crippen molar-refractivity contribution in [1.29, 1.82) is 0 Å². The summed E-state index contributed by atoms with van der Waals surface area (Å²) in [5.41, 5.74) is 1.05. The molecule has 0 aliphatic heterocycles. The van der Waals surface area contributed by atoms with Gasteiger partial charge >= 0.3 is 0 Å². The standard InChI is InChI=1S/C12H17BrClNO2/c1-17-7-5-15(4-6-16)9-10-8-11(13)2-3-12(10)14/h2-3,8,16H,4-7,9H2,1H3. The summed E-state index contributed by atoms with van der Waals surface area (Å²) < 4.78 is 6.05. The van der Waals surface area contributed by atoms with E-state index in [0.29, 0.717) is 19.7 Å². The molecule has 5 heteroatoms. The van der Waals surface area contributed by atoms with E-state index in [1.807, 2.05) is 18.2 Å². The Kier molecular flexibility index (Phi) is 7.08. The van der Waals surface area contributed by atoms with Gasteiger partial charge in [0.05, 0.1) is 13.2 Å². The first-order chi connectivity index (χ1) is 8.17. The maximum absolute atomic E-state index is 9.01. The number of aliphatic hydroxyl groups is 1. The fourth-order valence-electron chi connectivity index (χ4n) is 1.54. The van der Waals surface area contributed by atoms with Crippen molar-refractivity contribution in [3.63, 3.8) is 0 Å². The zero-order chi connectivity index (χ0) is 12.7. The van der Waals surface area contributed by atoms with E-state index < -0.39 is 0 Å². The van der Waals surface area contributed by atoms with Crippen molar-refractivity contribution in [3.8, 4) is 0 Å². The van der Waals surface area contributed by atoms with E-state index in [1.54, 1.807) is 7.11 Å². The Balaban J connectivity index is 2.67. The lowest BCUT2D eigenvalue weighted by atomic mass is 10.2. The molecule has 0 fully saturated rings. The summed E-state index contributed by atoms with van der Waals surface area (Å²) >= 11 is 9.56.